The molecule has 0 spiro atoms. The van der Waals surface area contributed by atoms with Crippen molar-refractivity contribution < 1.29 is 9.13 Å². The van der Waals surface area contributed by atoms with Crippen molar-refractivity contribution in [2.75, 3.05) is 32.2 Å². The number of methoxy groups -OCH3 is 1. The molecule has 0 saturated carbocycles. The zero-order valence-corrected chi connectivity index (χ0v) is 11.3. The van der Waals surface area contributed by atoms with Crippen LogP contribution in [0, 0.1) is 5.82 Å². The molecule has 2 nitrogen and oxygen atoms in total. The largest absolute Gasteiger partial charge is 0.385 e. The molecule has 0 aromatic heterocycles. The Morgan fingerprint density at radius 2 is 2.19 bits per heavy atom. The predicted octanol–water partition coefficient (Wildman–Crippen LogP) is 3.19. The first-order chi connectivity index (χ1) is 7.70. The summed E-state index contributed by atoms with van der Waals surface area (Å²) in [6, 6.07) is 5.17. The van der Waals surface area contributed by atoms with Gasteiger partial charge in [0, 0.05) is 43.9 Å². The van der Waals surface area contributed by atoms with E-state index in [9.17, 15) is 4.39 Å². The highest BCUT2D eigenvalue weighted by molar-refractivity contribution is 9.08. The third-order valence-electron chi connectivity index (χ3n) is 2.48. The fourth-order valence-corrected chi connectivity index (χ4v) is 2.16. The predicted molar refractivity (Wildman–Crippen MR) is 68.8 cm³/mol. The Morgan fingerprint density at radius 3 is 2.81 bits per heavy atom. The number of halogens is 2. The lowest BCUT2D eigenvalue weighted by atomic mass is 10.1. The van der Waals surface area contributed by atoms with E-state index >= 15 is 0 Å². The summed E-state index contributed by atoms with van der Waals surface area (Å²) in [5.41, 5.74) is 1.65. The molecule has 0 aliphatic heterocycles. The molecule has 16 heavy (non-hydrogen) atoms. The van der Waals surface area contributed by atoms with Crippen LogP contribution in [0.4, 0.5) is 10.1 Å². The van der Waals surface area contributed by atoms with E-state index in [1.165, 1.54) is 6.07 Å². The topological polar surface area (TPSA) is 12.5 Å². The van der Waals surface area contributed by atoms with Crippen LogP contribution in [0.5, 0.6) is 0 Å². The van der Waals surface area contributed by atoms with Crippen LogP contribution in [0.1, 0.15) is 12.0 Å². The average molecular weight is 290 g/mol. The number of nitrogens with zero attached hydrogens (tertiary/aromatic N) is 1. The lowest BCUT2D eigenvalue weighted by Crippen LogP contribution is -2.21. The molecule has 0 fully saturated rings. The van der Waals surface area contributed by atoms with Gasteiger partial charge in [0.05, 0.1) is 0 Å². The number of rotatable bonds is 6. The van der Waals surface area contributed by atoms with E-state index in [1.807, 2.05) is 13.1 Å². The summed E-state index contributed by atoms with van der Waals surface area (Å²) < 4.78 is 18.5. The standard InChI is InChI=1S/C12H17BrFNO/c1-15(7-4-8-16-2)12-6-3-5-11(14)10(12)9-13/h3,5-6H,4,7-9H2,1-2H3. The molecule has 0 aliphatic carbocycles. The van der Waals surface area contributed by atoms with Gasteiger partial charge in [-0.15, -0.1) is 0 Å². The molecule has 1 aromatic carbocycles. The van der Waals surface area contributed by atoms with Crippen molar-refractivity contribution in [1.82, 2.24) is 0 Å². The second-order valence-electron chi connectivity index (χ2n) is 3.64. The highest BCUT2D eigenvalue weighted by Crippen LogP contribution is 2.24. The fourth-order valence-electron chi connectivity index (χ4n) is 1.60. The quantitative estimate of drug-likeness (QED) is 0.589. The number of ether oxygens (including phenoxy) is 1. The summed E-state index contributed by atoms with van der Waals surface area (Å²) in [5.74, 6) is -0.159. The molecule has 0 unspecified atom stereocenters. The van der Waals surface area contributed by atoms with Crippen molar-refractivity contribution >= 4 is 21.6 Å². The molecule has 0 bridgehead atoms. The first-order valence-electron chi connectivity index (χ1n) is 5.24. The van der Waals surface area contributed by atoms with E-state index in [0.717, 1.165) is 25.3 Å². The number of alkyl halides is 1. The SMILES string of the molecule is COCCCN(C)c1cccc(F)c1CBr. The van der Waals surface area contributed by atoms with Gasteiger partial charge in [-0.1, -0.05) is 22.0 Å². The lowest BCUT2D eigenvalue weighted by Gasteiger charge is -2.22. The monoisotopic (exact) mass is 289 g/mol. The molecule has 90 valence electrons. The Hall–Kier alpha value is -0.610. The van der Waals surface area contributed by atoms with Crippen molar-refractivity contribution in [1.29, 1.82) is 0 Å². The minimum atomic E-state index is -0.159. The van der Waals surface area contributed by atoms with Crippen LogP contribution < -0.4 is 4.90 Å². The Balaban J connectivity index is 2.74. The molecule has 0 radical (unpaired) electrons. The number of benzene rings is 1. The van der Waals surface area contributed by atoms with Crippen LogP contribution in [0.3, 0.4) is 0 Å². The summed E-state index contributed by atoms with van der Waals surface area (Å²) in [4.78, 5) is 2.05. The van der Waals surface area contributed by atoms with E-state index in [-0.39, 0.29) is 5.82 Å². The van der Waals surface area contributed by atoms with Gasteiger partial charge < -0.3 is 9.64 Å². The summed E-state index contributed by atoms with van der Waals surface area (Å²) in [7, 11) is 3.66. The van der Waals surface area contributed by atoms with E-state index in [4.69, 9.17) is 4.74 Å². The molecule has 0 heterocycles. The first kappa shape index (κ1) is 13.5. The van der Waals surface area contributed by atoms with Crippen LogP contribution >= 0.6 is 15.9 Å². The van der Waals surface area contributed by atoms with Gasteiger partial charge in [-0.3, -0.25) is 0 Å². The van der Waals surface area contributed by atoms with Gasteiger partial charge in [-0.2, -0.15) is 0 Å². The van der Waals surface area contributed by atoms with Gasteiger partial charge in [0.2, 0.25) is 0 Å². The molecule has 1 rings (SSSR count). The molecule has 0 aliphatic rings. The Kier molecular flexibility index (Phi) is 5.77. The van der Waals surface area contributed by atoms with Gasteiger partial charge in [-0.25, -0.2) is 4.39 Å². The van der Waals surface area contributed by atoms with Crippen molar-refractivity contribution in [3.8, 4) is 0 Å². The van der Waals surface area contributed by atoms with Crippen LogP contribution in [0.25, 0.3) is 0 Å². The zero-order valence-electron chi connectivity index (χ0n) is 9.67. The minimum absolute atomic E-state index is 0.159. The zero-order chi connectivity index (χ0) is 12.0. The van der Waals surface area contributed by atoms with Crippen LogP contribution in [-0.2, 0) is 10.1 Å². The fraction of sp³-hybridized carbons (Fsp3) is 0.500. The number of hydrogen-bond donors (Lipinski definition) is 0. The summed E-state index contributed by atoms with van der Waals surface area (Å²) >= 11 is 3.32. The second-order valence-corrected chi connectivity index (χ2v) is 4.20. The van der Waals surface area contributed by atoms with Crippen molar-refractivity contribution in [2.45, 2.75) is 11.8 Å². The van der Waals surface area contributed by atoms with Gasteiger partial charge in [0.1, 0.15) is 5.82 Å². The third kappa shape index (κ3) is 3.46. The lowest BCUT2D eigenvalue weighted by molar-refractivity contribution is 0.196. The molecule has 0 N–H and O–H groups in total. The van der Waals surface area contributed by atoms with Gasteiger partial charge in [0.25, 0.3) is 0 Å². The minimum Gasteiger partial charge on any atom is -0.385 e. The summed E-state index contributed by atoms with van der Waals surface area (Å²) in [6.45, 7) is 1.58. The maximum atomic E-state index is 13.5. The highest BCUT2D eigenvalue weighted by Gasteiger charge is 2.10. The Bertz CT molecular complexity index is 333. The van der Waals surface area contributed by atoms with Crippen molar-refractivity contribution in [3.05, 3.63) is 29.6 Å². The van der Waals surface area contributed by atoms with Crippen LogP contribution in [0.2, 0.25) is 0 Å². The van der Waals surface area contributed by atoms with E-state index in [1.54, 1.807) is 13.2 Å². The van der Waals surface area contributed by atoms with Gasteiger partial charge in [-0.05, 0) is 18.6 Å². The molecule has 0 atom stereocenters. The van der Waals surface area contributed by atoms with Gasteiger partial charge >= 0.3 is 0 Å². The molecule has 4 heteroatoms. The number of hydrogen-bond acceptors (Lipinski definition) is 2. The smallest absolute Gasteiger partial charge is 0.129 e. The maximum Gasteiger partial charge on any atom is 0.129 e. The first-order valence-corrected chi connectivity index (χ1v) is 6.36. The third-order valence-corrected chi connectivity index (χ3v) is 3.04. The van der Waals surface area contributed by atoms with E-state index in [2.05, 4.69) is 20.8 Å². The Labute approximate surface area is 105 Å². The Morgan fingerprint density at radius 1 is 1.44 bits per heavy atom. The molecular formula is C12H17BrFNO. The molecular weight excluding hydrogens is 273 g/mol. The van der Waals surface area contributed by atoms with Crippen molar-refractivity contribution in [3.63, 3.8) is 0 Å². The van der Waals surface area contributed by atoms with E-state index in [0.29, 0.717) is 10.9 Å². The van der Waals surface area contributed by atoms with Crippen LogP contribution in [0.15, 0.2) is 18.2 Å². The van der Waals surface area contributed by atoms with Crippen LogP contribution in [-0.4, -0.2) is 27.3 Å². The molecule has 0 amide bonds. The maximum absolute atomic E-state index is 13.5. The highest BCUT2D eigenvalue weighted by atomic mass is 79.9. The second kappa shape index (κ2) is 6.86. The number of anilines is 1. The molecule has 0 saturated heterocycles. The average Bonchev–Trinajstić information content (AvgIpc) is 2.29. The van der Waals surface area contributed by atoms with E-state index < -0.39 is 0 Å². The van der Waals surface area contributed by atoms with Crippen molar-refractivity contribution in [2.24, 2.45) is 0 Å². The summed E-state index contributed by atoms with van der Waals surface area (Å²) in [6.07, 6.45) is 0.936. The molecule has 1 aromatic rings. The van der Waals surface area contributed by atoms with Gasteiger partial charge in [0.15, 0.2) is 0 Å². The summed E-state index contributed by atoms with van der Waals surface area (Å²) in [5, 5.41) is 0.531. The normalized spacial score (nSPS) is 10.5.